The highest BCUT2D eigenvalue weighted by Gasteiger charge is 2.44. The third-order valence-electron chi connectivity index (χ3n) is 6.71. The normalized spacial score (nSPS) is 20.4. The molecular weight excluding hydrogens is 478 g/mol. The van der Waals surface area contributed by atoms with Gasteiger partial charge in [-0.15, -0.1) is 0 Å². The second-order valence-corrected chi connectivity index (χ2v) is 13.0. The summed E-state index contributed by atoms with van der Waals surface area (Å²) in [6.45, 7) is 5.80. The first-order chi connectivity index (χ1) is 17.1. The fourth-order valence-electron chi connectivity index (χ4n) is 4.70. The average Bonchev–Trinajstić information content (AvgIpc) is 2.85. The van der Waals surface area contributed by atoms with Crippen LogP contribution in [-0.2, 0) is 27.9 Å². The van der Waals surface area contributed by atoms with Crippen LogP contribution in [0.4, 0.5) is 0 Å². The maximum atomic E-state index is 13.5. The molecule has 194 valence electrons. The van der Waals surface area contributed by atoms with Crippen molar-refractivity contribution in [1.29, 1.82) is 0 Å². The van der Waals surface area contributed by atoms with Crippen LogP contribution in [0.5, 0.6) is 0 Å². The Kier molecular flexibility index (Phi) is 7.94. The summed E-state index contributed by atoms with van der Waals surface area (Å²) in [6, 6.07) is 16.3. The van der Waals surface area contributed by atoms with Crippen molar-refractivity contribution in [2.45, 2.75) is 76.2 Å². The fraction of sp³-hybridized carbons (Fsp3) is 0.481. The Balaban J connectivity index is 1.58. The zero-order valence-electron chi connectivity index (χ0n) is 21.1. The molecule has 1 N–H and O–H groups in total. The van der Waals surface area contributed by atoms with Crippen molar-refractivity contribution in [3.8, 4) is 0 Å². The Labute approximate surface area is 212 Å². The van der Waals surface area contributed by atoms with Gasteiger partial charge in [0.1, 0.15) is 0 Å². The van der Waals surface area contributed by atoms with Crippen molar-refractivity contribution < 1.29 is 18.3 Å². The largest absolute Gasteiger partial charge is 0.391 e. The minimum absolute atomic E-state index is 0.0159. The second kappa shape index (κ2) is 10.8. The van der Waals surface area contributed by atoms with Gasteiger partial charge in [-0.05, 0) is 57.7 Å². The molecule has 36 heavy (non-hydrogen) atoms. The van der Waals surface area contributed by atoms with Gasteiger partial charge in [0.15, 0.2) is 0 Å². The van der Waals surface area contributed by atoms with Gasteiger partial charge in [-0.3, -0.25) is 9.36 Å². The molecule has 2 aromatic carbocycles. The van der Waals surface area contributed by atoms with Crippen LogP contribution < -0.4 is 5.56 Å². The summed E-state index contributed by atoms with van der Waals surface area (Å²) in [6.07, 6.45) is 1.61. The second-order valence-electron chi connectivity index (χ2n) is 10.4. The minimum atomic E-state index is -3.66. The van der Waals surface area contributed by atoms with E-state index in [1.165, 1.54) is 15.2 Å². The number of aliphatic hydroxyl groups is 1. The van der Waals surface area contributed by atoms with Crippen molar-refractivity contribution in [2.24, 2.45) is 0 Å². The number of aromatic nitrogens is 2. The Morgan fingerprint density at radius 2 is 1.81 bits per heavy atom. The smallest absolute Gasteiger partial charge is 0.261 e. The molecule has 2 heterocycles. The lowest BCUT2D eigenvalue weighted by atomic mass is 9.95. The summed E-state index contributed by atoms with van der Waals surface area (Å²) < 4.78 is 35.2. The van der Waals surface area contributed by atoms with Crippen molar-refractivity contribution in [1.82, 2.24) is 13.9 Å². The lowest BCUT2D eigenvalue weighted by Crippen LogP contribution is -2.56. The summed E-state index contributed by atoms with van der Waals surface area (Å²) in [5, 5.41) is 11.6. The Morgan fingerprint density at radius 1 is 1.11 bits per heavy atom. The fourth-order valence-corrected chi connectivity index (χ4v) is 6.35. The van der Waals surface area contributed by atoms with Crippen molar-refractivity contribution in [3.63, 3.8) is 0 Å². The summed E-state index contributed by atoms with van der Waals surface area (Å²) >= 11 is 0. The molecule has 0 amide bonds. The van der Waals surface area contributed by atoms with Crippen LogP contribution in [0.15, 0.2) is 65.7 Å². The molecule has 4 rings (SSSR count). The molecule has 8 nitrogen and oxygen atoms in total. The predicted octanol–water partition coefficient (Wildman–Crippen LogP) is 3.33. The number of nitrogens with zero attached hydrogens (tertiary/aromatic N) is 3. The molecule has 9 heteroatoms. The molecule has 0 bridgehead atoms. The first kappa shape index (κ1) is 26.5. The van der Waals surface area contributed by atoms with Crippen LogP contribution in [0.25, 0.3) is 10.9 Å². The van der Waals surface area contributed by atoms with E-state index < -0.39 is 26.9 Å². The zero-order valence-corrected chi connectivity index (χ0v) is 21.9. The number of aliphatic hydroxyl groups excluding tert-OH is 1. The van der Waals surface area contributed by atoms with Crippen LogP contribution in [0.1, 0.15) is 45.6 Å². The lowest BCUT2D eigenvalue weighted by Gasteiger charge is -2.43. The van der Waals surface area contributed by atoms with Gasteiger partial charge >= 0.3 is 0 Å². The van der Waals surface area contributed by atoms with Crippen molar-refractivity contribution in [2.75, 3.05) is 6.54 Å². The number of benzene rings is 2. The highest BCUT2D eigenvalue weighted by atomic mass is 32.2. The molecule has 1 aromatic heterocycles. The highest BCUT2D eigenvalue weighted by Crippen LogP contribution is 2.32. The number of rotatable bonds is 8. The highest BCUT2D eigenvalue weighted by molar-refractivity contribution is 7.90. The Hall–Kier alpha value is -2.59. The van der Waals surface area contributed by atoms with Crippen LogP contribution in [-0.4, -0.2) is 56.9 Å². The molecule has 1 saturated heterocycles. The predicted molar refractivity (Wildman–Crippen MR) is 140 cm³/mol. The van der Waals surface area contributed by atoms with Gasteiger partial charge in [-0.25, -0.2) is 13.4 Å². The first-order valence-electron chi connectivity index (χ1n) is 12.4. The number of para-hydroxylation sites is 1. The van der Waals surface area contributed by atoms with E-state index in [9.17, 15) is 18.3 Å². The Bertz CT molecular complexity index is 1330. The first-order valence-corrected chi connectivity index (χ1v) is 13.8. The van der Waals surface area contributed by atoms with Gasteiger partial charge in [0.05, 0.1) is 53.4 Å². The van der Waals surface area contributed by atoms with Gasteiger partial charge in [-0.2, -0.15) is 4.31 Å². The van der Waals surface area contributed by atoms with Crippen LogP contribution in [0, 0.1) is 0 Å². The van der Waals surface area contributed by atoms with E-state index in [0.29, 0.717) is 36.9 Å². The molecule has 0 unspecified atom stereocenters. The molecule has 0 aliphatic carbocycles. The van der Waals surface area contributed by atoms with E-state index >= 15 is 0 Å². The Morgan fingerprint density at radius 3 is 2.53 bits per heavy atom. The third kappa shape index (κ3) is 5.70. The molecule has 3 atom stereocenters. The van der Waals surface area contributed by atoms with E-state index in [4.69, 9.17) is 4.74 Å². The van der Waals surface area contributed by atoms with Crippen LogP contribution >= 0.6 is 0 Å². The molecular formula is C27H35N3O5S. The zero-order chi connectivity index (χ0) is 25.9. The summed E-state index contributed by atoms with van der Waals surface area (Å²) in [5.41, 5.74) is 1.36. The van der Waals surface area contributed by atoms with E-state index in [1.807, 2.05) is 36.4 Å². The molecule has 3 aromatic rings. The van der Waals surface area contributed by atoms with Crippen LogP contribution in [0.3, 0.4) is 0 Å². The monoisotopic (exact) mass is 513 g/mol. The molecule has 1 aliphatic rings. The molecule has 1 aliphatic heterocycles. The standard InChI is InChI=1S/C27H35N3O5S/c1-27(2,3)36(33,34)30-15-9-14-25(35-18-20-10-5-4-6-11-20)24(30)16-21(31)17-29-19-28-23-13-8-7-12-22(23)26(29)32/h4-8,10-13,19,21,24-25,31H,9,14-18H2,1-3H3/t21-,24+,25-/m0/s1. The van der Waals surface area contributed by atoms with E-state index in [2.05, 4.69) is 4.98 Å². The van der Waals surface area contributed by atoms with Gasteiger partial charge in [-0.1, -0.05) is 42.5 Å². The minimum Gasteiger partial charge on any atom is -0.391 e. The number of hydrogen-bond acceptors (Lipinski definition) is 6. The SMILES string of the molecule is CC(C)(C)S(=O)(=O)N1CCC[C@H](OCc2ccccc2)[C@H]1C[C@H](O)Cn1cnc2ccccc2c1=O. The van der Waals surface area contributed by atoms with Crippen molar-refractivity contribution >= 4 is 20.9 Å². The van der Waals surface area contributed by atoms with Gasteiger partial charge < -0.3 is 9.84 Å². The summed E-state index contributed by atoms with van der Waals surface area (Å²) in [5.74, 6) is 0. The van der Waals surface area contributed by atoms with Gasteiger partial charge in [0.25, 0.3) is 5.56 Å². The van der Waals surface area contributed by atoms with E-state index in [0.717, 1.165) is 5.56 Å². The van der Waals surface area contributed by atoms with Crippen molar-refractivity contribution in [3.05, 3.63) is 76.8 Å². The molecule has 0 radical (unpaired) electrons. The van der Waals surface area contributed by atoms with Gasteiger partial charge in [0, 0.05) is 6.54 Å². The number of piperidine rings is 1. The number of hydrogen-bond donors (Lipinski definition) is 1. The molecule has 1 fully saturated rings. The number of fused-ring (bicyclic) bond motifs is 1. The topological polar surface area (TPSA) is 102 Å². The lowest BCUT2D eigenvalue weighted by molar-refractivity contribution is -0.0427. The molecule has 0 saturated carbocycles. The third-order valence-corrected chi connectivity index (χ3v) is 9.33. The van der Waals surface area contributed by atoms with Crippen LogP contribution in [0.2, 0.25) is 0 Å². The average molecular weight is 514 g/mol. The number of ether oxygens (including phenoxy) is 1. The van der Waals surface area contributed by atoms with E-state index in [-0.39, 0.29) is 24.6 Å². The maximum Gasteiger partial charge on any atom is 0.261 e. The summed E-state index contributed by atoms with van der Waals surface area (Å²) in [7, 11) is -3.66. The maximum absolute atomic E-state index is 13.5. The quantitative estimate of drug-likeness (QED) is 0.496. The number of sulfonamides is 1. The van der Waals surface area contributed by atoms with Gasteiger partial charge in [0.2, 0.25) is 10.0 Å². The van der Waals surface area contributed by atoms with E-state index in [1.54, 1.807) is 39.0 Å². The molecule has 0 spiro atoms. The summed E-state index contributed by atoms with van der Waals surface area (Å²) in [4.78, 5) is 17.2.